The van der Waals surface area contributed by atoms with Gasteiger partial charge >= 0.3 is 0 Å². The minimum atomic E-state index is 1.25. The Morgan fingerprint density at radius 3 is 1.56 bits per heavy atom. The van der Waals surface area contributed by atoms with Crippen molar-refractivity contribution in [2.45, 2.75) is 0 Å². The first kappa shape index (κ1) is 26.5. The van der Waals surface area contributed by atoms with Crippen LogP contribution in [0.4, 0.5) is 0 Å². The molecule has 0 fully saturated rings. The average molecular weight is 643 g/mol. The molecule has 0 radical (unpaired) electrons. The van der Waals surface area contributed by atoms with E-state index in [2.05, 4.69) is 158 Å². The van der Waals surface area contributed by atoms with Crippen molar-refractivity contribution < 1.29 is 0 Å². The molecule has 2 aromatic heterocycles. The van der Waals surface area contributed by atoms with Gasteiger partial charge in [-0.3, -0.25) is 0 Å². The molecule has 11 rings (SSSR count). The maximum atomic E-state index is 2.49. The summed E-state index contributed by atoms with van der Waals surface area (Å²) in [7, 11) is 0. The average Bonchev–Trinajstić information content (AvgIpc) is 3.72. The van der Waals surface area contributed by atoms with Gasteiger partial charge in [-0.05, 0) is 84.7 Å². The van der Waals surface area contributed by atoms with Crippen LogP contribution >= 0.6 is 22.7 Å². The number of rotatable bonds is 2. The molecule has 0 bridgehead atoms. The topological polar surface area (TPSA) is 0 Å². The zero-order chi connectivity index (χ0) is 31.3. The van der Waals surface area contributed by atoms with Crippen LogP contribution in [0.2, 0.25) is 0 Å². The van der Waals surface area contributed by atoms with E-state index in [-0.39, 0.29) is 0 Å². The van der Waals surface area contributed by atoms with E-state index in [0.29, 0.717) is 0 Å². The number of thiophene rings is 2. The van der Waals surface area contributed by atoms with Gasteiger partial charge < -0.3 is 0 Å². The predicted molar refractivity (Wildman–Crippen MR) is 213 cm³/mol. The molecule has 0 unspecified atom stereocenters. The fourth-order valence-corrected chi connectivity index (χ4v) is 10.5. The van der Waals surface area contributed by atoms with Crippen molar-refractivity contribution >= 4 is 106 Å². The van der Waals surface area contributed by atoms with Crippen molar-refractivity contribution in [2.75, 3.05) is 0 Å². The lowest BCUT2D eigenvalue weighted by Gasteiger charge is -2.19. The van der Waals surface area contributed by atoms with Gasteiger partial charge in [0.25, 0.3) is 0 Å². The molecule has 0 saturated carbocycles. The Balaban J connectivity index is 1.33. The first-order valence-electron chi connectivity index (χ1n) is 16.4. The van der Waals surface area contributed by atoms with Crippen LogP contribution in [0.25, 0.3) is 106 Å². The van der Waals surface area contributed by atoms with Gasteiger partial charge in [-0.2, -0.15) is 0 Å². The first-order valence-corrected chi connectivity index (χ1v) is 18.1. The molecule has 0 atom stereocenters. The van der Waals surface area contributed by atoms with Gasteiger partial charge in [0.05, 0.1) is 0 Å². The molecule has 2 heteroatoms. The summed E-state index contributed by atoms with van der Waals surface area (Å²) in [6.07, 6.45) is 0. The van der Waals surface area contributed by atoms with Crippen LogP contribution in [-0.4, -0.2) is 0 Å². The molecule has 0 amide bonds. The highest BCUT2D eigenvalue weighted by molar-refractivity contribution is 7.27. The molecule has 48 heavy (non-hydrogen) atoms. The van der Waals surface area contributed by atoms with Gasteiger partial charge in [0.2, 0.25) is 0 Å². The van der Waals surface area contributed by atoms with Crippen molar-refractivity contribution in [1.82, 2.24) is 0 Å². The van der Waals surface area contributed by atoms with Crippen LogP contribution in [-0.2, 0) is 0 Å². The van der Waals surface area contributed by atoms with Gasteiger partial charge in [-0.25, -0.2) is 0 Å². The van der Waals surface area contributed by atoms with Gasteiger partial charge in [0, 0.05) is 51.3 Å². The predicted octanol–water partition coefficient (Wildman–Crippen LogP) is 14.4. The largest absolute Gasteiger partial charge is 0.135 e. The zero-order valence-corrected chi connectivity index (χ0v) is 27.5. The van der Waals surface area contributed by atoms with E-state index in [9.17, 15) is 0 Å². The Hall–Kier alpha value is -5.54. The van der Waals surface area contributed by atoms with Gasteiger partial charge in [0.1, 0.15) is 0 Å². The highest BCUT2D eigenvalue weighted by Gasteiger charge is 2.22. The maximum absolute atomic E-state index is 2.49. The molecule has 0 nitrogen and oxygen atoms in total. The second-order valence-electron chi connectivity index (χ2n) is 12.8. The molecule has 0 spiro atoms. The lowest BCUT2D eigenvalue weighted by Crippen LogP contribution is -1.91. The summed E-state index contributed by atoms with van der Waals surface area (Å²) in [5, 5.41) is 15.8. The molecular weight excluding hydrogens is 617 g/mol. The lowest BCUT2D eigenvalue weighted by molar-refractivity contribution is 1.69. The molecule has 0 N–H and O–H groups in total. The standard InChI is InChI=1S/C46H26S2/c1-2-12-28-25-29(22-21-27(28)11-1)41-31-13-3-5-15-33(31)43(34-16-6-4-14-32(34)41)37-26-30-23-24-40-44(35-17-7-9-19-38(35)47-40)42(30)45-36-18-8-10-20-39(36)48-46(37)45/h1-26H. The van der Waals surface area contributed by atoms with Gasteiger partial charge in [0.15, 0.2) is 0 Å². The molecule has 0 aliphatic rings. The van der Waals surface area contributed by atoms with Crippen LogP contribution in [0.15, 0.2) is 158 Å². The van der Waals surface area contributed by atoms with Crippen LogP contribution in [0, 0.1) is 0 Å². The molecule has 0 aliphatic heterocycles. The third-order valence-corrected chi connectivity index (χ3v) is 12.5. The van der Waals surface area contributed by atoms with Crippen molar-refractivity contribution in [3.63, 3.8) is 0 Å². The van der Waals surface area contributed by atoms with E-state index in [4.69, 9.17) is 0 Å². The Kier molecular flexibility index (Phi) is 5.51. The summed E-state index contributed by atoms with van der Waals surface area (Å²) in [5.41, 5.74) is 5.19. The molecule has 11 aromatic rings. The number of hydrogen-bond acceptors (Lipinski definition) is 2. The SMILES string of the molecule is c1ccc2cc(-c3c4ccccc4c(-c4cc5ccc6sc7ccccc7c6c5c5c4sc4ccccc45)c4ccccc34)ccc2c1. The minimum Gasteiger partial charge on any atom is -0.135 e. The third-order valence-electron chi connectivity index (χ3n) is 10.2. The first-order chi connectivity index (χ1) is 23.8. The highest BCUT2D eigenvalue weighted by atomic mass is 32.1. The molecule has 222 valence electrons. The molecule has 0 saturated heterocycles. The smallest absolute Gasteiger partial charge is 0.0440 e. The van der Waals surface area contributed by atoms with Gasteiger partial charge in [-0.1, -0.05) is 127 Å². The van der Waals surface area contributed by atoms with Crippen LogP contribution in [0.3, 0.4) is 0 Å². The Morgan fingerprint density at radius 1 is 0.312 bits per heavy atom. The maximum Gasteiger partial charge on any atom is 0.0440 e. The normalized spacial score (nSPS) is 12.2. The highest BCUT2D eigenvalue weighted by Crippen LogP contribution is 2.52. The van der Waals surface area contributed by atoms with E-state index in [1.165, 1.54) is 106 Å². The van der Waals surface area contributed by atoms with Crippen LogP contribution < -0.4 is 0 Å². The summed E-state index contributed by atoms with van der Waals surface area (Å²) in [6.45, 7) is 0. The van der Waals surface area contributed by atoms with E-state index in [0.717, 1.165) is 0 Å². The fraction of sp³-hybridized carbons (Fsp3) is 0. The van der Waals surface area contributed by atoms with E-state index in [1.54, 1.807) is 0 Å². The second-order valence-corrected chi connectivity index (χ2v) is 14.9. The number of benzene rings is 9. The van der Waals surface area contributed by atoms with Gasteiger partial charge in [-0.15, -0.1) is 22.7 Å². The van der Waals surface area contributed by atoms with Crippen LogP contribution in [0.5, 0.6) is 0 Å². The quantitative estimate of drug-likeness (QED) is 0.165. The summed E-state index contributed by atoms with van der Waals surface area (Å²) in [5.74, 6) is 0. The summed E-state index contributed by atoms with van der Waals surface area (Å²) in [6, 6.07) is 58.8. The van der Waals surface area contributed by atoms with Crippen molar-refractivity contribution in [3.05, 3.63) is 158 Å². The van der Waals surface area contributed by atoms with E-state index < -0.39 is 0 Å². The summed E-state index contributed by atoms with van der Waals surface area (Å²) < 4.78 is 5.39. The van der Waals surface area contributed by atoms with Crippen molar-refractivity contribution in [2.24, 2.45) is 0 Å². The molecule has 0 aliphatic carbocycles. The van der Waals surface area contributed by atoms with E-state index in [1.807, 2.05) is 22.7 Å². The van der Waals surface area contributed by atoms with Crippen molar-refractivity contribution in [1.29, 1.82) is 0 Å². The van der Waals surface area contributed by atoms with E-state index >= 15 is 0 Å². The number of fused-ring (bicyclic) bond motifs is 12. The third kappa shape index (κ3) is 3.65. The minimum absolute atomic E-state index is 1.25. The zero-order valence-electron chi connectivity index (χ0n) is 25.8. The lowest BCUT2D eigenvalue weighted by atomic mass is 9.84. The Morgan fingerprint density at radius 2 is 0.854 bits per heavy atom. The Bertz CT molecular complexity index is 3060. The monoisotopic (exact) mass is 642 g/mol. The molecular formula is C46H26S2. The summed E-state index contributed by atoms with van der Waals surface area (Å²) in [4.78, 5) is 0. The second kappa shape index (κ2) is 9.98. The number of hydrogen-bond donors (Lipinski definition) is 0. The summed E-state index contributed by atoms with van der Waals surface area (Å²) >= 11 is 3.84. The molecule has 9 aromatic carbocycles. The fourth-order valence-electron chi connectivity index (χ4n) is 8.19. The molecule has 2 heterocycles. The van der Waals surface area contributed by atoms with Crippen molar-refractivity contribution in [3.8, 4) is 22.3 Å². The van der Waals surface area contributed by atoms with Crippen LogP contribution in [0.1, 0.15) is 0 Å². The Labute approximate surface area is 284 Å².